The number of hydrogen-bond acceptors (Lipinski definition) is 3. The average Bonchev–Trinajstić information content (AvgIpc) is 3.06. The van der Waals surface area contributed by atoms with E-state index in [0.29, 0.717) is 24.3 Å². The number of esters is 1. The van der Waals surface area contributed by atoms with Gasteiger partial charge in [-0.05, 0) is 61.7 Å². The van der Waals surface area contributed by atoms with Crippen LogP contribution in [0.25, 0.3) is 5.69 Å². The summed E-state index contributed by atoms with van der Waals surface area (Å²) >= 11 is 0. The van der Waals surface area contributed by atoms with Crippen LogP contribution >= 0.6 is 0 Å². The van der Waals surface area contributed by atoms with Crippen LogP contribution in [-0.2, 0) is 22.5 Å². The summed E-state index contributed by atoms with van der Waals surface area (Å²) in [5.74, 6) is -1.06. The number of carbonyl (C=O) groups is 2. The quantitative estimate of drug-likeness (QED) is 0.616. The first-order valence-corrected chi connectivity index (χ1v) is 9.90. The third kappa shape index (κ3) is 3.85. The summed E-state index contributed by atoms with van der Waals surface area (Å²) in [6, 6.07) is 15.8. The van der Waals surface area contributed by atoms with Gasteiger partial charge in [0.2, 0.25) is 0 Å². The Bertz CT molecular complexity index is 1100. The molecule has 0 atom stereocenters. The summed E-state index contributed by atoms with van der Waals surface area (Å²) in [6.45, 7) is 4.53. The average molecular weight is 406 g/mol. The molecule has 1 aliphatic heterocycles. The number of benzene rings is 2. The van der Waals surface area contributed by atoms with Crippen molar-refractivity contribution in [1.82, 2.24) is 9.47 Å². The second-order valence-electron chi connectivity index (χ2n) is 7.51. The molecular formula is C24H23FN2O3. The number of carbonyl (C=O) groups excluding carboxylic acids is 2. The molecule has 1 aromatic heterocycles. The Balaban J connectivity index is 1.43. The standard InChI is InChI=1S/C24H23FN2O3/c1-16-13-22(17(2)27(16)21-9-7-20(25)8-10-21)24(29)30-15-23(28)26-12-11-18-5-3-4-6-19(18)14-26/h3-10,13H,11-12,14-15H2,1-2H3. The van der Waals surface area contributed by atoms with E-state index in [0.717, 1.165) is 23.4 Å². The van der Waals surface area contributed by atoms with Crippen molar-refractivity contribution in [3.8, 4) is 5.69 Å². The van der Waals surface area contributed by atoms with E-state index in [1.165, 1.54) is 17.7 Å². The molecule has 0 aliphatic carbocycles. The number of hydrogen-bond donors (Lipinski definition) is 0. The Hall–Kier alpha value is -3.41. The monoisotopic (exact) mass is 406 g/mol. The Morgan fingerprint density at radius 2 is 1.73 bits per heavy atom. The Kier molecular flexibility index (Phi) is 5.40. The molecule has 0 fully saturated rings. The molecule has 154 valence electrons. The molecule has 1 amide bonds. The second kappa shape index (κ2) is 8.14. The van der Waals surface area contributed by atoms with E-state index < -0.39 is 5.97 Å². The highest BCUT2D eigenvalue weighted by atomic mass is 19.1. The predicted octanol–water partition coefficient (Wildman–Crippen LogP) is 3.97. The van der Waals surface area contributed by atoms with Crippen LogP contribution in [0.3, 0.4) is 0 Å². The zero-order valence-corrected chi connectivity index (χ0v) is 17.0. The van der Waals surface area contributed by atoms with Crippen molar-refractivity contribution < 1.29 is 18.7 Å². The number of halogens is 1. The summed E-state index contributed by atoms with van der Waals surface area (Å²) in [6.07, 6.45) is 0.800. The van der Waals surface area contributed by atoms with E-state index in [2.05, 4.69) is 6.07 Å². The van der Waals surface area contributed by atoms with Gasteiger partial charge in [-0.15, -0.1) is 0 Å². The zero-order chi connectivity index (χ0) is 21.3. The van der Waals surface area contributed by atoms with E-state index in [9.17, 15) is 14.0 Å². The van der Waals surface area contributed by atoms with Crippen molar-refractivity contribution in [2.24, 2.45) is 0 Å². The minimum absolute atomic E-state index is 0.204. The topological polar surface area (TPSA) is 51.5 Å². The molecule has 0 radical (unpaired) electrons. The summed E-state index contributed by atoms with van der Waals surface area (Å²) < 4.78 is 20.4. The van der Waals surface area contributed by atoms with Crippen molar-refractivity contribution in [3.05, 3.63) is 88.5 Å². The molecule has 0 saturated heterocycles. The maximum atomic E-state index is 13.2. The number of amides is 1. The summed E-state index contributed by atoms with van der Waals surface area (Å²) in [4.78, 5) is 26.9. The highest BCUT2D eigenvalue weighted by Crippen LogP contribution is 2.22. The lowest BCUT2D eigenvalue weighted by Gasteiger charge is -2.28. The van der Waals surface area contributed by atoms with Gasteiger partial charge in [0.05, 0.1) is 5.56 Å². The Morgan fingerprint density at radius 1 is 1.03 bits per heavy atom. The van der Waals surface area contributed by atoms with E-state index in [4.69, 9.17) is 4.74 Å². The minimum atomic E-state index is -0.540. The first kappa shape index (κ1) is 19.9. The van der Waals surface area contributed by atoms with Crippen LogP contribution in [0.4, 0.5) is 4.39 Å². The van der Waals surface area contributed by atoms with Gasteiger partial charge in [0.15, 0.2) is 6.61 Å². The molecule has 1 aliphatic rings. The van der Waals surface area contributed by atoms with Gasteiger partial charge in [0, 0.05) is 30.2 Å². The van der Waals surface area contributed by atoms with Gasteiger partial charge in [-0.3, -0.25) is 4.79 Å². The molecule has 0 spiro atoms. The van der Waals surface area contributed by atoms with Gasteiger partial charge in [-0.1, -0.05) is 24.3 Å². The molecule has 0 unspecified atom stereocenters. The van der Waals surface area contributed by atoms with Crippen molar-refractivity contribution in [3.63, 3.8) is 0 Å². The molecule has 30 heavy (non-hydrogen) atoms. The lowest BCUT2D eigenvalue weighted by Crippen LogP contribution is -2.38. The Morgan fingerprint density at radius 3 is 2.47 bits per heavy atom. The number of aryl methyl sites for hydroxylation is 1. The number of rotatable bonds is 4. The fourth-order valence-electron chi connectivity index (χ4n) is 3.96. The van der Waals surface area contributed by atoms with Crippen LogP contribution in [0.15, 0.2) is 54.6 Å². The summed E-state index contributed by atoms with van der Waals surface area (Å²) in [5, 5.41) is 0. The van der Waals surface area contributed by atoms with Gasteiger partial charge >= 0.3 is 5.97 Å². The number of fused-ring (bicyclic) bond motifs is 1. The van der Waals surface area contributed by atoms with Gasteiger partial charge in [0.1, 0.15) is 5.82 Å². The lowest BCUT2D eigenvalue weighted by atomic mass is 10.00. The molecule has 0 saturated carbocycles. The largest absolute Gasteiger partial charge is 0.452 e. The third-order valence-electron chi connectivity index (χ3n) is 5.55. The molecule has 0 bridgehead atoms. The van der Waals surface area contributed by atoms with Gasteiger partial charge < -0.3 is 14.2 Å². The van der Waals surface area contributed by atoms with Crippen LogP contribution in [0.2, 0.25) is 0 Å². The highest BCUT2D eigenvalue weighted by Gasteiger charge is 2.23. The first-order chi connectivity index (χ1) is 14.4. The van der Waals surface area contributed by atoms with E-state index in [1.807, 2.05) is 29.7 Å². The van der Waals surface area contributed by atoms with E-state index in [1.54, 1.807) is 30.0 Å². The summed E-state index contributed by atoms with van der Waals surface area (Å²) in [5.41, 5.74) is 5.05. The van der Waals surface area contributed by atoms with Gasteiger partial charge in [-0.25, -0.2) is 9.18 Å². The third-order valence-corrected chi connectivity index (χ3v) is 5.55. The SMILES string of the molecule is Cc1cc(C(=O)OCC(=O)N2CCc3ccccc3C2)c(C)n1-c1ccc(F)cc1. The van der Waals surface area contributed by atoms with Crippen molar-refractivity contribution in [1.29, 1.82) is 0 Å². The molecule has 3 aromatic rings. The molecule has 6 heteroatoms. The van der Waals surface area contributed by atoms with Crippen molar-refractivity contribution in [2.75, 3.05) is 13.2 Å². The number of nitrogens with zero attached hydrogens (tertiary/aromatic N) is 2. The Labute approximate surface area is 174 Å². The fraction of sp³-hybridized carbons (Fsp3) is 0.250. The fourth-order valence-corrected chi connectivity index (χ4v) is 3.96. The zero-order valence-electron chi connectivity index (χ0n) is 17.0. The second-order valence-corrected chi connectivity index (χ2v) is 7.51. The molecule has 5 nitrogen and oxygen atoms in total. The maximum Gasteiger partial charge on any atom is 0.340 e. The first-order valence-electron chi connectivity index (χ1n) is 9.90. The predicted molar refractivity (Wildman–Crippen MR) is 111 cm³/mol. The highest BCUT2D eigenvalue weighted by molar-refractivity contribution is 5.93. The lowest BCUT2D eigenvalue weighted by molar-refractivity contribution is -0.135. The maximum absolute atomic E-state index is 13.2. The molecule has 0 N–H and O–H groups in total. The minimum Gasteiger partial charge on any atom is -0.452 e. The van der Waals surface area contributed by atoms with Crippen LogP contribution in [0.1, 0.15) is 32.9 Å². The summed E-state index contributed by atoms with van der Waals surface area (Å²) in [7, 11) is 0. The normalized spacial score (nSPS) is 13.1. The van der Waals surface area contributed by atoms with Crippen molar-refractivity contribution in [2.45, 2.75) is 26.8 Å². The van der Waals surface area contributed by atoms with Crippen LogP contribution in [0, 0.1) is 19.7 Å². The van der Waals surface area contributed by atoms with Gasteiger partial charge in [0.25, 0.3) is 5.91 Å². The molecule has 2 heterocycles. The smallest absolute Gasteiger partial charge is 0.340 e. The number of ether oxygens (including phenoxy) is 1. The van der Waals surface area contributed by atoms with Crippen LogP contribution in [-0.4, -0.2) is 34.5 Å². The van der Waals surface area contributed by atoms with E-state index in [-0.39, 0.29) is 18.3 Å². The van der Waals surface area contributed by atoms with E-state index >= 15 is 0 Å². The number of aromatic nitrogens is 1. The van der Waals surface area contributed by atoms with Crippen molar-refractivity contribution >= 4 is 11.9 Å². The van der Waals surface area contributed by atoms with Crippen LogP contribution < -0.4 is 0 Å². The van der Waals surface area contributed by atoms with Crippen LogP contribution in [0.5, 0.6) is 0 Å². The molecule has 4 rings (SSSR count). The van der Waals surface area contributed by atoms with Gasteiger partial charge in [-0.2, -0.15) is 0 Å². The molecular weight excluding hydrogens is 383 g/mol. The molecule has 2 aromatic carbocycles.